The van der Waals surface area contributed by atoms with E-state index in [0.29, 0.717) is 23.5 Å². The van der Waals surface area contributed by atoms with Crippen LogP contribution in [0, 0.1) is 0 Å². The first-order valence-electron chi connectivity index (χ1n) is 7.41. The Hall–Kier alpha value is -1.11. The third-order valence-corrected chi connectivity index (χ3v) is 5.80. The predicted octanol–water partition coefficient (Wildman–Crippen LogP) is 2.02. The van der Waals surface area contributed by atoms with Crippen molar-refractivity contribution in [3.05, 3.63) is 23.8 Å². The predicted molar refractivity (Wildman–Crippen MR) is 83.6 cm³/mol. The molecule has 0 bridgehead atoms. The van der Waals surface area contributed by atoms with Crippen molar-refractivity contribution in [2.45, 2.75) is 43.6 Å². The number of nitrogens with zero attached hydrogens (tertiary/aromatic N) is 1. The number of benzene rings is 1. The number of nitrogens with two attached hydrogens (primary N) is 1. The lowest BCUT2D eigenvalue weighted by atomic mass is 10.1. The molecule has 1 aromatic rings. The van der Waals surface area contributed by atoms with Crippen molar-refractivity contribution >= 4 is 15.7 Å². The van der Waals surface area contributed by atoms with E-state index in [2.05, 4.69) is 0 Å². The minimum Gasteiger partial charge on any atom is -0.399 e. The van der Waals surface area contributed by atoms with E-state index in [-0.39, 0.29) is 6.10 Å². The van der Waals surface area contributed by atoms with Crippen LogP contribution in [0.15, 0.2) is 23.1 Å². The number of hydrogen-bond donors (Lipinski definition) is 1. The van der Waals surface area contributed by atoms with E-state index in [4.69, 9.17) is 10.5 Å². The Morgan fingerprint density at radius 2 is 2.14 bits per heavy atom. The second kappa shape index (κ2) is 6.77. The molecule has 5 nitrogen and oxygen atoms in total. The molecule has 118 valence electrons. The highest BCUT2D eigenvalue weighted by molar-refractivity contribution is 7.89. The van der Waals surface area contributed by atoms with Crippen molar-refractivity contribution in [3.63, 3.8) is 0 Å². The van der Waals surface area contributed by atoms with Crippen molar-refractivity contribution < 1.29 is 13.2 Å². The van der Waals surface area contributed by atoms with Gasteiger partial charge in [0.15, 0.2) is 0 Å². The molecule has 1 saturated heterocycles. The number of rotatable bonds is 5. The molecule has 1 aliphatic heterocycles. The first-order chi connectivity index (χ1) is 9.95. The van der Waals surface area contributed by atoms with Gasteiger partial charge in [0.1, 0.15) is 0 Å². The third kappa shape index (κ3) is 3.75. The maximum Gasteiger partial charge on any atom is 0.243 e. The Balaban J connectivity index is 2.22. The summed E-state index contributed by atoms with van der Waals surface area (Å²) in [5, 5.41) is 0. The molecule has 0 aromatic heterocycles. The SMILES string of the molecule is CCc1ccc(N)cc1S(=O)(=O)N(C)CC1CCCCO1. The minimum absolute atomic E-state index is 0.00957. The highest BCUT2D eigenvalue weighted by atomic mass is 32.2. The molecule has 0 radical (unpaired) electrons. The Kier molecular flexibility index (Phi) is 5.24. The molecule has 1 unspecified atom stereocenters. The van der Waals surface area contributed by atoms with Gasteiger partial charge in [0, 0.05) is 25.9 Å². The molecule has 6 heteroatoms. The van der Waals surface area contributed by atoms with E-state index in [1.54, 1.807) is 25.2 Å². The monoisotopic (exact) mass is 312 g/mol. The normalized spacial score (nSPS) is 19.9. The van der Waals surface area contributed by atoms with Gasteiger partial charge in [0.2, 0.25) is 10.0 Å². The van der Waals surface area contributed by atoms with Crippen LogP contribution in [0.4, 0.5) is 5.69 Å². The van der Waals surface area contributed by atoms with Crippen molar-refractivity contribution in [2.75, 3.05) is 25.9 Å². The molecule has 1 aromatic carbocycles. The van der Waals surface area contributed by atoms with E-state index in [0.717, 1.165) is 31.4 Å². The lowest BCUT2D eigenvalue weighted by Crippen LogP contribution is -2.37. The molecule has 1 fully saturated rings. The van der Waals surface area contributed by atoms with Gasteiger partial charge in [-0.3, -0.25) is 0 Å². The summed E-state index contributed by atoms with van der Waals surface area (Å²) in [5.74, 6) is 0. The standard InChI is InChI=1S/C15H24N2O3S/c1-3-12-7-8-13(16)10-15(12)21(18,19)17(2)11-14-6-4-5-9-20-14/h7-8,10,14H,3-6,9,11,16H2,1-2H3. The van der Waals surface area contributed by atoms with Crippen molar-refractivity contribution in [1.82, 2.24) is 4.31 Å². The van der Waals surface area contributed by atoms with Gasteiger partial charge in [-0.25, -0.2) is 8.42 Å². The lowest BCUT2D eigenvalue weighted by molar-refractivity contribution is 0.00858. The number of sulfonamides is 1. The van der Waals surface area contributed by atoms with Crippen LogP contribution < -0.4 is 5.73 Å². The molecule has 2 rings (SSSR count). The zero-order valence-electron chi connectivity index (χ0n) is 12.7. The Bertz CT molecular complexity index is 581. The molecule has 2 N–H and O–H groups in total. The molecule has 0 amide bonds. The summed E-state index contributed by atoms with van der Waals surface area (Å²) in [5.41, 5.74) is 7.01. The van der Waals surface area contributed by atoms with E-state index in [1.165, 1.54) is 4.31 Å². The summed E-state index contributed by atoms with van der Waals surface area (Å²) in [6.45, 7) is 3.05. The van der Waals surface area contributed by atoms with Gasteiger partial charge in [-0.15, -0.1) is 0 Å². The number of anilines is 1. The first-order valence-corrected chi connectivity index (χ1v) is 8.85. The van der Waals surface area contributed by atoms with Gasteiger partial charge < -0.3 is 10.5 Å². The quantitative estimate of drug-likeness (QED) is 0.844. The van der Waals surface area contributed by atoms with Crippen LogP contribution in [0.2, 0.25) is 0 Å². The molecular weight excluding hydrogens is 288 g/mol. The Morgan fingerprint density at radius 3 is 2.76 bits per heavy atom. The lowest BCUT2D eigenvalue weighted by Gasteiger charge is -2.27. The number of aryl methyl sites for hydroxylation is 1. The number of ether oxygens (including phenoxy) is 1. The zero-order chi connectivity index (χ0) is 15.5. The van der Waals surface area contributed by atoms with E-state index >= 15 is 0 Å². The van der Waals surface area contributed by atoms with Gasteiger partial charge in [-0.05, 0) is 43.4 Å². The molecular formula is C15H24N2O3S. The van der Waals surface area contributed by atoms with Crippen LogP contribution in [0.3, 0.4) is 0 Å². The van der Waals surface area contributed by atoms with E-state index in [1.807, 2.05) is 6.92 Å². The molecule has 0 spiro atoms. The molecule has 1 atom stereocenters. The molecule has 0 saturated carbocycles. The average Bonchev–Trinajstić information content (AvgIpc) is 2.48. The number of hydrogen-bond acceptors (Lipinski definition) is 4. The number of nitrogen functional groups attached to an aromatic ring is 1. The molecule has 1 aliphatic rings. The Labute approximate surface area is 127 Å². The average molecular weight is 312 g/mol. The van der Waals surface area contributed by atoms with Crippen LogP contribution in [0.5, 0.6) is 0 Å². The van der Waals surface area contributed by atoms with Crippen LogP contribution >= 0.6 is 0 Å². The minimum atomic E-state index is -3.53. The number of likely N-dealkylation sites (N-methyl/N-ethyl adjacent to an activating group) is 1. The van der Waals surface area contributed by atoms with Gasteiger partial charge in [-0.1, -0.05) is 13.0 Å². The largest absolute Gasteiger partial charge is 0.399 e. The van der Waals surface area contributed by atoms with Crippen LogP contribution in [-0.4, -0.2) is 39.0 Å². The van der Waals surface area contributed by atoms with Crippen molar-refractivity contribution in [2.24, 2.45) is 0 Å². The van der Waals surface area contributed by atoms with Gasteiger partial charge in [-0.2, -0.15) is 4.31 Å². The smallest absolute Gasteiger partial charge is 0.243 e. The topological polar surface area (TPSA) is 72.6 Å². The maximum absolute atomic E-state index is 12.8. The second-order valence-electron chi connectivity index (χ2n) is 5.49. The highest BCUT2D eigenvalue weighted by Gasteiger charge is 2.27. The van der Waals surface area contributed by atoms with Crippen molar-refractivity contribution in [3.8, 4) is 0 Å². The van der Waals surface area contributed by atoms with Gasteiger partial charge in [0.25, 0.3) is 0 Å². The molecule has 1 heterocycles. The third-order valence-electron chi connectivity index (χ3n) is 3.90. The fourth-order valence-corrected chi connectivity index (χ4v) is 4.13. The summed E-state index contributed by atoms with van der Waals surface area (Å²) >= 11 is 0. The van der Waals surface area contributed by atoms with Gasteiger partial charge >= 0.3 is 0 Å². The summed E-state index contributed by atoms with van der Waals surface area (Å²) in [6.07, 6.45) is 3.71. The van der Waals surface area contributed by atoms with Gasteiger partial charge in [0.05, 0.1) is 11.0 Å². The summed E-state index contributed by atoms with van der Waals surface area (Å²) in [4.78, 5) is 0.309. The fraction of sp³-hybridized carbons (Fsp3) is 0.600. The van der Waals surface area contributed by atoms with E-state index < -0.39 is 10.0 Å². The summed E-state index contributed by atoms with van der Waals surface area (Å²) < 4.78 is 32.5. The molecule has 21 heavy (non-hydrogen) atoms. The Morgan fingerprint density at radius 1 is 1.38 bits per heavy atom. The fourth-order valence-electron chi connectivity index (χ4n) is 2.61. The highest BCUT2D eigenvalue weighted by Crippen LogP contribution is 2.24. The molecule has 0 aliphatic carbocycles. The zero-order valence-corrected chi connectivity index (χ0v) is 13.5. The van der Waals surface area contributed by atoms with E-state index in [9.17, 15) is 8.42 Å². The summed E-state index contributed by atoms with van der Waals surface area (Å²) in [6, 6.07) is 5.07. The maximum atomic E-state index is 12.8. The van der Waals surface area contributed by atoms with Crippen LogP contribution in [0.1, 0.15) is 31.7 Å². The van der Waals surface area contributed by atoms with Crippen molar-refractivity contribution in [1.29, 1.82) is 0 Å². The second-order valence-corrected chi connectivity index (χ2v) is 7.51. The summed E-state index contributed by atoms with van der Waals surface area (Å²) in [7, 11) is -1.92. The van der Waals surface area contributed by atoms with Crippen LogP contribution in [0.25, 0.3) is 0 Å². The first kappa shape index (κ1) is 16.3. The van der Waals surface area contributed by atoms with Crippen LogP contribution in [-0.2, 0) is 21.2 Å².